The Hall–Kier alpha value is -1.69. The summed E-state index contributed by atoms with van der Waals surface area (Å²) in [6.07, 6.45) is 3.43. The minimum atomic E-state index is -0.437. The minimum absolute atomic E-state index is 0.0296. The predicted octanol–water partition coefficient (Wildman–Crippen LogP) is 1.43. The first kappa shape index (κ1) is 11.8. The number of aromatic nitrogens is 1. The Kier molecular flexibility index (Phi) is 3.53. The van der Waals surface area contributed by atoms with Gasteiger partial charge in [-0.3, -0.25) is 10.1 Å². The molecule has 1 aliphatic rings. The van der Waals surface area contributed by atoms with Gasteiger partial charge in [0, 0.05) is 18.3 Å². The number of rotatable bonds is 3. The van der Waals surface area contributed by atoms with E-state index in [1.807, 2.05) is 0 Å². The molecule has 1 unspecified atom stereocenters. The number of nitrogens with one attached hydrogen (secondary N) is 1. The molecule has 0 aliphatic carbocycles. The number of nitrogens with zero attached hydrogens (tertiary/aromatic N) is 2. The highest BCUT2D eigenvalue weighted by Gasteiger charge is 2.23. The average molecular weight is 237 g/mol. The predicted molar refractivity (Wildman–Crippen MR) is 62.1 cm³/mol. The topological polar surface area (TPSA) is 77.3 Å². The second-order valence-electron chi connectivity index (χ2n) is 4.12. The molecule has 1 saturated heterocycles. The lowest BCUT2D eigenvalue weighted by atomic mass is 10.1. The van der Waals surface area contributed by atoms with Crippen LogP contribution in [0.1, 0.15) is 18.4 Å². The maximum atomic E-state index is 11.0. The lowest BCUT2D eigenvalue weighted by Gasteiger charge is -2.23. The Bertz CT molecular complexity index is 416. The van der Waals surface area contributed by atoms with Crippen molar-refractivity contribution in [2.75, 3.05) is 13.1 Å². The zero-order chi connectivity index (χ0) is 12.3. The summed E-state index contributed by atoms with van der Waals surface area (Å²) in [6, 6.07) is 1.62. The molecule has 1 aromatic rings. The van der Waals surface area contributed by atoms with Crippen LogP contribution in [0.4, 0.5) is 5.69 Å². The number of hydrogen-bond donors (Lipinski definition) is 1. The largest absolute Gasteiger partial charge is 0.468 e. The normalized spacial score (nSPS) is 19.9. The molecule has 2 rings (SSSR count). The van der Waals surface area contributed by atoms with Gasteiger partial charge in [-0.15, -0.1) is 0 Å². The van der Waals surface area contributed by atoms with Crippen LogP contribution in [0, 0.1) is 17.0 Å². The van der Waals surface area contributed by atoms with Crippen molar-refractivity contribution in [1.29, 1.82) is 0 Å². The van der Waals surface area contributed by atoms with Crippen molar-refractivity contribution in [3.63, 3.8) is 0 Å². The van der Waals surface area contributed by atoms with E-state index in [0.29, 0.717) is 12.1 Å². The van der Waals surface area contributed by atoms with E-state index >= 15 is 0 Å². The molecular formula is C11H15N3O3. The number of ether oxygens (including phenoxy) is 1. The molecule has 17 heavy (non-hydrogen) atoms. The fraction of sp³-hybridized carbons (Fsp3) is 0.545. The highest BCUT2D eigenvalue weighted by Crippen LogP contribution is 2.29. The summed E-state index contributed by atoms with van der Waals surface area (Å²) < 4.78 is 5.61. The van der Waals surface area contributed by atoms with Crippen LogP contribution in [0.15, 0.2) is 12.3 Å². The van der Waals surface area contributed by atoms with Gasteiger partial charge in [0.1, 0.15) is 6.10 Å². The van der Waals surface area contributed by atoms with Gasteiger partial charge in [-0.1, -0.05) is 0 Å². The molecule has 1 fully saturated rings. The Labute approximate surface area is 99.2 Å². The van der Waals surface area contributed by atoms with Gasteiger partial charge >= 0.3 is 5.69 Å². The van der Waals surface area contributed by atoms with Crippen molar-refractivity contribution in [2.45, 2.75) is 25.9 Å². The SMILES string of the molecule is Cc1ccnc(OC2CCCNC2)c1[N+](=O)[O-]. The molecule has 6 heteroatoms. The van der Waals surface area contributed by atoms with E-state index < -0.39 is 4.92 Å². The molecule has 0 aromatic carbocycles. The van der Waals surface area contributed by atoms with Crippen molar-refractivity contribution in [2.24, 2.45) is 0 Å². The molecule has 1 N–H and O–H groups in total. The van der Waals surface area contributed by atoms with E-state index in [9.17, 15) is 10.1 Å². The lowest BCUT2D eigenvalue weighted by Crippen LogP contribution is -2.37. The van der Waals surface area contributed by atoms with Crippen molar-refractivity contribution in [3.05, 3.63) is 27.9 Å². The quantitative estimate of drug-likeness (QED) is 0.635. The minimum Gasteiger partial charge on any atom is -0.468 e. The van der Waals surface area contributed by atoms with Gasteiger partial charge in [0.05, 0.1) is 4.92 Å². The van der Waals surface area contributed by atoms with Crippen LogP contribution in [0.5, 0.6) is 5.88 Å². The number of piperidine rings is 1. The first-order valence-electron chi connectivity index (χ1n) is 5.66. The molecule has 6 nitrogen and oxygen atoms in total. The number of pyridine rings is 1. The summed E-state index contributed by atoms with van der Waals surface area (Å²) >= 11 is 0. The third kappa shape index (κ3) is 2.71. The highest BCUT2D eigenvalue weighted by atomic mass is 16.6. The van der Waals surface area contributed by atoms with Crippen LogP contribution < -0.4 is 10.1 Å². The maximum absolute atomic E-state index is 11.0. The molecule has 0 spiro atoms. The van der Waals surface area contributed by atoms with Crippen molar-refractivity contribution in [1.82, 2.24) is 10.3 Å². The Balaban J connectivity index is 2.19. The van der Waals surface area contributed by atoms with Crippen LogP contribution in [-0.2, 0) is 0 Å². The van der Waals surface area contributed by atoms with Gasteiger partial charge in [0.15, 0.2) is 0 Å². The van der Waals surface area contributed by atoms with Crippen LogP contribution in [0.25, 0.3) is 0 Å². The zero-order valence-electron chi connectivity index (χ0n) is 9.68. The summed E-state index contributed by atoms with van der Waals surface area (Å²) in [5, 5.41) is 14.1. The van der Waals surface area contributed by atoms with Crippen molar-refractivity contribution in [3.8, 4) is 5.88 Å². The molecule has 0 saturated carbocycles. The monoisotopic (exact) mass is 237 g/mol. The maximum Gasteiger partial charge on any atom is 0.333 e. The first-order chi connectivity index (χ1) is 8.18. The second kappa shape index (κ2) is 5.09. The van der Waals surface area contributed by atoms with Gasteiger partial charge in [-0.05, 0) is 32.4 Å². The smallest absolute Gasteiger partial charge is 0.333 e. The van der Waals surface area contributed by atoms with Crippen LogP contribution in [-0.4, -0.2) is 29.1 Å². The summed E-state index contributed by atoms with van der Waals surface area (Å²) in [4.78, 5) is 14.5. The van der Waals surface area contributed by atoms with Gasteiger partial charge < -0.3 is 10.1 Å². The fourth-order valence-corrected chi connectivity index (χ4v) is 1.91. The molecule has 2 heterocycles. The molecule has 0 bridgehead atoms. The molecule has 92 valence electrons. The van der Waals surface area contributed by atoms with E-state index in [2.05, 4.69) is 10.3 Å². The summed E-state index contributed by atoms with van der Waals surface area (Å²) in [7, 11) is 0. The Morgan fingerprint density at radius 2 is 2.47 bits per heavy atom. The number of aryl methyl sites for hydroxylation is 1. The average Bonchev–Trinajstić information content (AvgIpc) is 2.30. The number of hydrogen-bond acceptors (Lipinski definition) is 5. The van der Waals surface area contributed by atoms with Gasteiger partial charge in [-0.2, -0.15) is 0 Å². The molecule has 1 aliphatic heterocycles. The third-order valence-electron chi connectivity index (χ3n) is 2.80. The fourth-order valence-electron chi connectivity index (χ4n) is 1.91. The lowest BCUT2D eigenvalue weighted by molar-refractivity contribution is -0.387. The molecule has 0 radical (unpaired) electrons. The van der Waals surface area contributed by atoms with Crippen molar-refractivity contribution >= 4 is 5.69 Å². The Morgan fingerprint density at radius 3 is 3.12 bits per heavy atom. The van der Waals surface area contributed by atoms with E-state index in [4.69, 9.17) is 4.74 Å². The second-order valence-corrected chi connectivity index (χ2v) is 4.12. The molecule has 1 atom stereocenters. The van der Waals surface area contributed by atoms with Gasteiger partial charge in [0.25, 0.3) is 5.88 Å². The highest BCUT2D eigenvalue weighted by molar-refractivity contribution is 5.47. The van der Waals surface area contributed by atoms with Crippen LogP contribution in [0.3, 0.4) is 0 Å². The summed E-state index contributed by atoms with van der Waals surface area (Å²) in [6.45, 7) is 3.38. The van der Waals surface area contributed by atoms with Gasteiger partial charge in [0.2, 0.25) is 0 Å². The summed E-state index contributed by atoms with van der Waals surface area (Å²) in [5.74, 6) is 0.128. The van der Waals surface area contributed by atoms with Gasteiger partial charge in [-0.25, -0.2) is 4.98 Å². The standard InChI is InChI=1S/C11H15N3O3/c1-8-4-6-13-11(10(8)14(15)16)17-9-3-2-5-12-7-9/h4,6,9,12H,2-3,5,7H2,1H3. The van der Waals surface area contributed by atoms with E-state index in [1.54, 1.807) is 13.0 Å². The third-order valence-corrected chi connectivity index (χ3v) is 2.80. The Morgan fingerprint density at radius 1 is 1.65 bits per heavy atom. The van der Waals surface area contributed by atoms with E-state index in [1.165, 1.54) is 6.20 Å². The van der Waals surface area contributed by atoms with Crippen LogP contribution in [0.2, 0.25) is 0 Å². The van der Waals surface area contributed by atoms with Crippen molar-refractivity contribution < 1.29 is 9.66 Å². The van der Waals surface area contributed by atoms with E-state index in [0.717, 1.165) is 19.4 Å². The first-order valence-corrected chi connectivity index (χ1v) is 5.66. The molecule has 1 aromatic heterocycles. The molecular weight excluding hydrogens is 222 g/mol. The van der Waals surface area contributed by atoms with Crippen LogP contribution >= 0.6 is 0 Å². The number of nitro groups is 1. The summed E-state index contributed by atoms with van der Waals surface area (Å²) in [5.41, 5.74) is 0.543. The zero-order valence-corrected chi connectivity index (χ0v) is 9.68. The van der Waals surface area contributed by atoms with E-state index in [-0.39, 0.29) is 17.7 Å². The molecule has 0 amide bonds.